The Labute approximate surface area is 199 Å². The Hall–Kier alpha value is -3.70. The topological polar surface area (TPSA) is 108 Å². The number of aliphatic hydroxyl groups excluding tert-OH is 2. The van der Waals surface area contributed by atoms with Crippen molar-refractivity contribution in [1.29, 1.82) is 0 Å². The number of nitrogens with one attached hydrogen (secondary N) is 1. The number of fused-ring (bicyclic) bond motifs is 1. The summed E-state index contributed by atoms with van der Waals surface area (Å²) in [6, 6.07) is 12.5. The molecule has 1 atom stereocenters. The smallest absolute Gasteiger partial charge is 0.416 e. The van der Waals surface area contributed by atoms with Crippen molar-refractivity contribution in [2.24, 2.45) is 0 Å². The van der Waals surface area contributed by atoms with E-state index < -0.39 is 30.5 Å². The van der Waals surface area contributed by atoms with E-state index in [4.69, 9.17) is 9.84 Å². The lowest BCUT2D eigenvalue weighted by atomic mass is 10.0. The number of aromatic nitrogens is 2. The molecular weight excluding hydrogens is 465 g/mol. The van der Waals surface area contributed by atoms with Crippen molar-refractivity contribution in [3.05, 3.63) is 65.7 Å². The Kier molecular flexibility index (Phi) is 7.17. The monoisotopic (exact) mass is 488 g/mol. The number of urea groups is 1. The zero-order valence-corrected chi connectivity index (χ0v) is 18.5. The molecule has 1 aromatic carbocycles. The van der Waals surface area contributed by atoms with E-state index in [1.165, 1.54) is 11.0 Å². The normalized spacial score (nSPS) is 14.3. The van der Waals surface area contributed by atoms with Crippen LogP contribution in [0.3, 0.4) is 0 Å². The maximum absolute atomic E-state index is 13.1. The molecule has 0 bridgehead atoms. The number of aliphatic hydroxyl groups is 2. The third kappa shape index (κ3) is 5.87. The van der Waals surface area contributed by atoms with Crippen LogP contribution in [0.2, 0.25) is 0 Å². The van der Waals surface area contributed by atoms with E-state index in [0.29, 0.717) is 36.5 Å². The predicted molar refractivity (Wildman–Crippen MR) is 122 cm³/mol. The van der Waals surface area contributed by atoms with Crippen LogP contribution in [0, 0.1) is 0 Å². The fraction of sp³-hybridized carbons (Fsp3) is 0.292. The van der Waals surface area contributed by atoms with Crippen molar-refractivity contribution in [1.82, 2.24) is 9.97 Å². The minimum Gasteiger partial charge on any atom is -0.475 e. The quantitative estimate of drug-likeness (QED) is 0.486. The molecule has 0 saturated carbocycles. The van der Waals surface area contributed by atoms with Crippen LogP contribution in [0.25, 0.3) is 11.3 Å². The molecule has 35 heavy (non-hydrogen) atoms. The van der Waals surface area contributed by atoms with Crippen LogP contribution in [0.1, 0.15) is 17.5 Å². The van der Waals surface area contributed by atoms with Gasteiger partial charge in [0.25, 0.3) is 0 Å². The van der Waals surface area contributed by atoms with Crippen LogP contribution in [0.4, 0.5) is 29.6 Å². The first kappa shape index (κ1) is 24.4. The maximum atomic E-state index is 13.1. The summed E-state index contributed by atoms with van der Waals surface area (Å²) in [4.78, 5) is 23.2. The summed E-state index contributed by atoms with van der Waals surface area (Å²) >= 11 is 0. The van der Waals surface area contributed by atoms with Crippen LogP contribution in [-0.4, -0.2) is 52.1 Å². The van der Waals surface area contributed by atoms with Crippen molar-refractivity contribution in [2.75, 3.05) is 30.0 Å². The molecule has 0 radical (unpaired) electrons. The first-order valence-corrected chi connectivity index (χ1v) is 10.9. The fourth-order valence-corrected chi connectivity index (χ4v) is 3.63. The summed E-state index contributed by atoms with van der Waals surface area (Å²) in [5.74, 6) is 0.730. The number of carbonyl (C=O) groups is 1. The number of rotatable bonds is 6. The van der Waals surface area contributed by atoms with Gasteiger partial charge in [0.2, 0.25) is 5.88 Å². The number of amides is 2. The Bertz CT molecular complexity index is 1210. The molecule has 3 aromatic rings. The number of carbonyl (C=O) groups excluding carboxylic acids is 1. The van der Waals surface area contributed by atoms with Gasteiger partial charge in [-0.25, -0.2) is 9.78 Å². The number of hydrogen-bond acceptors (Lipinski definition) is 6. The van der Waals surface area contributed by atoms with E-state index in [9.17, 15) is 23.1 Å². The van der Waals surface area contributed by atoms with Crippen molar-refractivity contribution in [3.63, 3.8) is 0 Å². The average Bonchev–Trinajstić information content (AvgIpc) is 2.86. The largest absolute Gasteiger partial charge is 0.475 e. The number of halogens is 3. The Morgan fingerprint density at radius 3 is 2.71 bits per heavy atom. The SMILES string of the molecule is O=C(Nc1cccc(OCC(O)CO)n1)N1CCCc2ccc(-c3cccc(C(F)(F)F)c3)nc21. The number of ether oxygens (including phenoxy) is 1. The zero-order valence-electron chi connectivity index (χ0n) is 18.5. The molecule has 3 N–H and O–H groups in total. The molecule has 0 spiro atoms. The van der Waals surface area contributed by atoms with Crippen molar-refractivity contribution in [2.45, 2.75) is 25.1 Å². The number of benzene rings is 1. The predicted octanol–water partition coefficient (Wildman–Crippen LogP) is 3.88. The van der Waals surface area contributed by atoms with Gasteiger partial charge in [0.15, 0.2) is 0 Å². The number of anilines is 2. The summed E-state index contributed by atoms with van der Waals surface area (Å²) in [5.41, 5.74) is 0.657. The van der Waals surface area contributed by atoms with Gasteiger partial charge in [-0.3, -0.25) is 10.2 Å². The Balaban J connectivity index is 1.55. The molecule has 3 heterocycles. The molecule has 11 heteroatoms. The standard InChI is InChI=1S/C24H23F3N4O4/c25-24(26,27)17-6-1-4-16(12-17)19-10-9-15-5-3-11-31(22(15)28-19)23(34)30-20-7-2-8-21(29-20)35-14-18(33)13-32/h1-2,4,6-10,12,18,32-33H,3,5,11,13-14H2,(H,29,30,34). The zero-order chi connectivity index (χ0) is 25.0. The van der Waals surface area contributed by atoms with Gasteiger partial charge in [0.1, 0.15) is 24.3 Å². The van der Waals surface area contributed by atoms with Crippen LogP contribution < -0.4 is 15.0 Å². The van der Waals surface area contributed by atoms with Crippen molar-refractivity contribution < 1.29 is 32.9 Å². The Morgan fingerprint density at radius 1 is 1.14 bits per heavy atom. The molecule has 1 aliphatic rings. The molecule has 1 aliphatic heterocycles. The van der Waals surface area contributed by atoms with E-state index in [2.05, 4.69) is 15.3 Å². The van der Waals surface area contributed by atoms with E-state index in [-0.39, 0.29) is 18.3 Å². The first-order chi connectivity index (χ1) is 16.7. The number of aryl methyl sites for hydroxylation is 1. The van der Waals surface area contributed by atoms with Gasteiger partial charge >= 0.3 is 12.2 Å². The summed E-state index contributed by atoms with van der Waals surface area (Å²) in [6.45, 7) is -0.250. The molecule has 2 aromatic heterocycles. The summed E-state index contributed by atoms with van der Waals surface area (Å²) in [7, 11) is 0. The van der Waals surface area contributed by atoms with Gasteiger partial charge in [0, 0.05) is 18.2 Å². The van der Waals surface area contributed by atoms with Gasteiger partial charge in [-0.05, 0) is 42.7 Å². The highest BCUT2D eigenvalue weighted by Crippen LogP contribution is 2.33. The maximum Gasteiger partial charge on any atom is 0.416 e. The van der Waals surface area contributed by atoms with Crippen LogP contribution >= 0.6 is 0 Å². The van der Waals surface area contributed by atoms with Gasteiger partial charge < -0.3 is 14.9 Å². The summed E-state index contributed by atoms with van der Waals surface area (Å²) in [5, 5.41) is 21.0. The molecule has 0 saturated heterocycles. The van der Waals surface area contributed by atoms with E-state index in [1.807, 2.05) is 0 Å². The van der Waals surface area contributed by atoms with Crippen molar-refractivity contribution >= 4 is 17.7 Å². The van der Waals surface area contributed by atoms with E-state index in [0.717, 1.165) is 17.7 Å². The molecule has 1 unspecified atom stereocenters. The third-order valence-electron chi connectivity index (χ3n) is 5.36. The minimum absolute atomic E-state index is 0.152. The van der Waals surface area contributed by atoms with E-state index in [1.54, 1.807) is 36.4 Å². The second-order valence-electron chi connectivity index (χ2n) is 7.95. The summed E-state index contributed by atoms with van der Waals surface area (Å²) in [6.07, 6.45) is -4.15. The molecule has 2 amide bonds. The molecule has 184 valence electrons. The first-order valence-electron chi connectivity index (χ1n) is 10.9. The Morgan fingerprint density at radius 2 is 1.94 bits per heavy atom. The molecule has 4 rings (SSSR count). The van der Waals surface area contributed by atoms with Crippen molar-refractivity contribution in [3.8, 4) is 17.1 Å². The highest BCUT2D eigenvalue weighted by Gasteiger charge is 2.31. The molecule has 0 aliphatic carbocycles. The van der Waals surface area contributed by atoms with Gasteiger partial charge in [-0.2, -0.15) is 18.2 Å². The van der Waals surface area contributed by atoms with Crippen LogP contribution in [-0.2, 0) is 12.6 Å². The van der Waals surface area contributed by atoms with Gasteiger partial charge in [-0.1, -0.05) is 24.3 Å². The highest BCUT2D eigenvalue weighted by atomic mass is 19.4. The molecule has 0 fully saturated rings. The third-order valence-corrected chi connectivity index (χ3v) is 5.36. The number of alkyl halides is 3. The lowest BCUT2D eigenvalue weighted by Gasteiger charge is -2.28. The second-order valence-corrected chi connectivity index (χ2v) is 7.95. The number of nitrogens with zero attached hydrogens (tertiary/aromatic N) is 3. The van der Waals surface area contributed by atoms with Gasteiger partial charge in [-0.15, -0.1) is 0 Å². The minimum atomic E-state index is -4.47. The van der Waals surface area contributed by atoms with E-state index >= 15 is 0 Å². The average molecular weight is 488 g/mol. The summed E-state index contributed by atoms with van der Waals surface area (Å²) < 4.78 is 44.7. The lowest BCUT2D eigenvalue weighted by molar-refractivity contribution is -0.137. The number of hydrogen-bond donors (Lipinski definition) is 3. The second kappa shape index (κ2) is 10.3. The molecular formula is C24H23F3N4O4. The molecule has 8 nitrogen and oxygen atoms in total. The number of pyridine rings is 2. The highest BCUT2D eigenvalue weighted by molar-refractivity contribution is 6.01. The van der Waals surface area contributed by atoms with Gasteiger partial charge in [0.05, 0.1) is 17.9 Å². The van der Waals surface area contributed by atoms with Crippen LogP contribution in [0.5, 0.6) is 5.88 Å². The fourth-order valence-electron chi connectivity index (χ4n) is 3.63. The van der Waals surface area contributed by atoms with Crippen LogP contribution in [0.15, 0.2) is 54.6 Å². The lowest BCUT2D eigenvalue weighted by Crippen LogP contribution is -2.39.